The summed E-state index contributed by atoms with van der Waals surface area (Å²) in [5.41, 5.74) is 1.66. The van der Waals surface area contributed by atoms with E-state index >= 15 is 0 Å². The number of thiophene rings is 1. The number of methoxy groups -OCH3 is 3. The summed E-state index contributed by atoms with van der Waals surface area (Å²) in [6.07, 6.45) is 0. The van der Waals surface area contributed by atoms with Crippen LogP contribution < -0.4 is 24.4 Å². The van der Waals surface area contributed by atoms with Crippen molar-refractivity contribution in [2.24, 2.45) is 0 Å². The van der Waals surface area contributed by atoms with E-state index < -0.39 is 0 Å². The van der Waals surface area contributed by atoms with Gasteiger partial charge >= 0.3 is 0 Å². The molecule has 1 fully saturated rings. The number of carbonyl (C=O) groups is 1. The van der Waals surface area contributed by atoms with Crippen molar-refractivity contribution in [3.05, 3.63) is 70.4 Å². The molecule has 1 aliphatic rings. The number of piperazine rings is 1. The van der Waals surface area contributed by atoms with E-state index in [-0.39, 0.29) is 18.0 Å². The summed E-state index contributed by atoms with van der Waals surface area (Å²) in [5.74, 6) is 1.67. The maximum Gasteiger partial charge on any atom is 0.255 e. The summed E-state index contributed by atoms with van der Waals surface area (Å²) in [6.45, 7) is 5.70. The Morgan fingerprint density at radius 2 is 1.66 bits per heavy atom. The lowest BCUT2D eigenvalue weighted by atomic mass is 10.0. The zero-order valence-corrected chi connectivity index (χ0v) is 21.5. The van der Waals surface area contributed by atoms with Crippen molar-refractivity contribution in [1.29, 1.82) is 0 Å². The van der Waals surface area contributed by atoms with Crippen LogP contribution in [0.4, 0.5) is 5.69 Å². The first-order valence-corrected chi connectivity index (χ1v) is 12.6. The second-order valence-corrected chi connectivity index (χ2v) is 9.46. The molecule has 1 N–H and O–H groups in total. The summed E-state index contributed by atoms with van der Waals surface area (Å²) >= 11 is 1.73. The van der Waals surface area contributed by atoms with Crippen LogP contribution in [0.1, 0.15) is 28.2 Å². The van der Waals surface area contributed by atoms with Crippen LogP contribution in [0.25, 0.3) is 0 Å². The molecule has 0 bridgehead atoms. The minimum Gasteiger partial charge on any atom is -0.497 e. The molecule has 3 aromatic rings. The molecule has 0 unspecified atom stereocenters. The normalized spacial score (nSPS) is 15.8. The summed E-state index contributed by atoms with van der Waals surface area (Å²) in [6, 6.07) is 17.8. The van der Waals surface area contributed by atoms with E-state index in [9.17, 15) is 4.79 Å². The van der Waals surface area contributed by atoms with Crippen LogP contribution in [0.3, 0.4) is 0 Å². The van der Waals surface area contributed by atoms with Gasteiger partial charge in [-0.25, -0.2) is 0 Å². The van der Waals surface area contributed by atoms with Gasteiger partial charge in [0, 0.05) is 42.8 Å². The number of hydrogen-bond donors (Lipinski definition) is 1. The quantitative estimate of drug-likeness (QED) is 0.473. The predicted octanol–water partition coefficient (Wildman–Crippen LogP) is 4.46. The minimum atomic E-state index is -0.174. The van der Waals surface area contributed by atoms with Gasteiger partial charge in [-0.1, -0.05) is 12.1 Å². The molecule has 186 valence electrons. The van der Waals surface area contributed by atoms with Crippen molar-refractivity contribution < 1.29 is 19.0 Å². The Morgan fingerprint density at radius 1 is 0.914 bits per heavy atom. The number of anilines is 1. The first-order valence-electron chi connectivity index (χ1n) is 11.7. The number of rotatable bonds is 9. The number of nitrogens with one attached hydrogen (secondary N) is 1. The molecule has 1 aromatic heterocycles. The third kappa shape index (κ3) is 5.55. The van der Waals surface area contributed by atoms with Gasteiger partial charge in [0.2, 0.25) is 0 Å². The van der Waals surface area contributed by atoms with E-state index in [0.29, 0.717) is 17.1 Å². The van der Waals surface area contributed by atoms with Crippen molar-refractivity contribution in [3.63, 3.8) is 0 Å². The van der Waals surface area contributed by atoms with Gasteiger partial charge in [-0.2, -0.15) is 0 Å². The molecule has 0 radical (unpaired) electrons. The molecular formula is C27H33N3O4S. The molecule has 2 atom stereocenters. The van der Waals surface area contributed by atoms with Crippen LogP contribution in [0.15, 0.2) is 60.0 Å². The number of nitrogens with zero attached hydrogens (tertiary/aromatic N) is 2. The van der Waals surface area contributed by atoms with Gasteiger partial charge in [0.05, 0.1) is 32.9 Å². The van der Waals surface area contributed by atoms with Crippen LogP contribution in [-0.2, 0) is 0 Å². The second kappa shape index (κ2) is 11.5. The number of para-hydroxylation sites is 1. The first kappa shape index (κ1) is 24.9. The average Bonchev–Trinajstić information content (AvgIpc) is 3.43. The molecule has 7 nitrogen and oxygen atoms in total. The summed E-state index contributed by atoms with van der Waals surface area (Å²) < 4.78 is 16.1. The van der Waals surface area contributed by atoms with Crippen LogP contribution in [-0.4, -0.2) is 64.4 Å². The highest BCUT2D eigenvalue weighted by Gasteiger charge is 2.31. The number of benzene rings is 2. The molecule has 1 amide bonds. The topological polar surface area (TPSA) is 63.3 Å². The minimum absolute atomic E-state index is 0.0774. The van der Waals surface area contributed by atoms with Crippen LogP contribution >= 0.6 is 11.3 Å². The Balaban J connectivity index is 1.48. The largest absolute Gasteiger partial charge is 0.497 e. The summed E-state index contributed by atoms with van der Waals surface area (Å²) in [4.78, 5) is 19.4. The van der Waals surface area contributed by atoms with Crippen LogP contribution in [0.5, 0.6) is 17.2 Å². The highest BCUT2D eigenvalue weighted by molar-refractivity contribution is 7.10. The van der Waals surface area contributed by atoms with Crippen LogP contribution in [0, 0.1) is 0 Å². The Labute approximate surface area is 211 Å². The Bertz CT molecular complexity index is 1100. The van der Waals surface area contributed by atoms with E-state index in [0.717, 1.165) is 31.9 Å². The lowest BCUT2D eigenvalue weighted by Gasteiger charge is -2.42. The van der Waals surface area contributed by atoms with E-state index in [1.54, 1.807) is 50.9 Å². The first-order chi connectivity index (χ1) is 17.0. The smallest absolute Gasteiger partial charge is 0.255 e. The Hall–Kier alpha value is -3.23. The number of ether oxygens (including phenoxy) is 3. The molecule has 2 heterocycles. The van der Waals surface area contributed by atoms with Gasteiger partial charge in [0.15, 0.2) is 11.5 Å². The molecule has 35 heavy (non-hydrogen) atoms. The van der Waals surface area contributed by atoms with Crippen molar-refractivity contribution in [1.82, 2.24) is 10.2 Å². The molecule has 1 saturated heterocycles. The maximum absolute atomic E-state index is 13.3. The lowest BCUT2D eigenvalue weighted by Crippen LogP contribution is -2.52. The molecule has 2 aromatic carbocycles. The zero-order chi connectivity index (χ0) is 24.8. The fourth-order valence-electron chi connectivity index (χ4n) is 4.68. The average molecular weight is 496 g/mol. The molecule has 0 saturated carbocycles. The summed E-state index contributed by atoms with van der Waals surface area (Å²) in [7, 11) is 4.80. The summed E-state index contributed by atoms with van der Waals surface area (Å²) in [5, 5.41) is 5.32. The molecule has 0 aliphatic carbocycles. The third-order valence-electron chi connectivity index (χ3n) is 6.46. The molecule has 4 rings (SSSR count). The fourth-order valence-corrected chi connectivity index (χ4v) is 5.65. The van der Waals surface area contributed by atoms with Gasteiger partial charge in [-0.05, 0) is 54.8 Å². The second-order valence-electron chi connectivity index (χ2n) is 8.48. The van der Waals surface area contributed by atoms with E-state index in [1.807, 2.05) is 12.1 Å². The highest BCUT2D eigenvalue weighted by Crippen LogP contribution is 2.33. The van der Waals surface area contributed by atoms with Crippen molar-refractivity contribution in [2.45, 2.75) is 19.0 Å². The van der Waals surface area contributed by atoms with Gasteiger partial charge in [0.25, 0.3) is 5.91 Å². The monoisotopic (exact) mass is 495 g/mol. The zero-order valence-electron chi connectivity index (χ0n) is 20.7. The number of hydrogen-bond acceptors (Lipinski definition) is 7. The fraction of sp³-hybridized carbons (Fsp3) is 0.370. The number of amides is 1. The van der Waals surface area contributed by atoms with Gasteiger partial charge in [0.1, 0.15) is 5.75 Å². The van der Waals surface area contributed by atoms with Crippen molar-refractivity contribution in [2.75, 3.05) is 52.4 Å². The number of carbonyl (C=O) groups excluding carboxylic acids is 1. The lowest BCUT2D eigenvalue weighted by molar-refractivity contribution is 0.0887. The molecule has 1 aliphatic heterocycles. The molecule has 0 spiro atoms. The molecule has 8 heteroatoms. The van der Waals surface area contributed by atoms with Gasteiger partial charge in [-0.15, -0.1) is 11.3 Å². The van der Waals surface area contributed by atoms with Gasteiger partial charge < -0.3 is 24.4 Å². The third-order valence-corrected chi connectivity index (χ3v) is 7.40. The highest BCUT2D eigenvalue weighted by atomic mass is 32.1. The Kier molecular flexibility index (Phi) is 8.15. The van der Waals surface area contributed by atoms with E-state index in [2.05, 4.69) is 51.7 Å². The van der Waals surface area contributed by atoms with Crippen molar-refractivity contribution >= 4 is 22.9 Å². The van der Waals surface area contributed by atoms with E-state index in [4.69, 9.17) is 14.2 Å². The molecular weight excluding hydrogens is 462 g/mol. The van der Waals surface area contributed by atoms with Crippen LogP contribution in [0.2, 0.25) is 0 Å². The standard InChI is InChI=1S/C27H33N3O4S/c1-19(28-27(31)22-7-5-8-23(33-3)26(22)34-4)25(24-9-6-18-35-24)30-16-14-29(15-17-30)20-10-12-21(32-2)13-11-20/h5-13,18-19,25H,14-17H2,1-4H3,(H,28,31)/t19-,25+/m1/s1. The SMILES string of the molecule is COc1ccc(N2CCN([C@H](c3cccs3)[C@@H](C)NC(=O)c3cccc(OC)c3OC)CC2)cc1. The van der Waals surface area contributed by atoms with E-state index in [1.165, 1.54) is 10.6 Å². The van der Waals surface area contributed by atoms with Gasteiger partial charge in [-0.3, -0.25) is 9.69 Å². The maximum atomic E-state index is 13.3. The van der Waals surface area contributed by atoms with Crippen molar-refractivity contribution in [3.8, 4) is 17.2 Å². The Morgan fingerprint density at radius 3 is 2.26 bits per heavy atom. The predicted molar refractivity (Wildman–Crippen MR) is 140 cm³/mol.